The van der Waals surface area contributed by atoms with Gasteiger partial charge in [-0.1, -0.05) is 30.3 Å². The number of hydrogen-bond donors (Lipinski definition) is 1. The Labute approximate surface area is 129 Å². The molecule has 2 aromatic rings. The second kappa shape index (κ2) is 5.90. The van der Waals surface area contributed by atoms with Crippen LogP contribution in [0.5, 0.6) is 11.5 Å². The molecule has 0 saturated carbocycles. The zero-order valence-corrected chi connectivity index (χ0v) is 12.1. The summed E-state index contributed by atoms with van der Waals surface area (Å²) in [6.07, 6.45) is 4.46. The molecule has 1 N–H and O–H groups in total. The maximum atomic E-state index is 12.6. The van der Waals surface area contributed by atoms with Gasteiger partial charge in [0.05, 0.1) is 5.56 Å². The van der Waals surface area contributed by atoms with Crippen LogP contribution in [0.3, 0.4) is 0 Å². The first-order valence-corrected chi connectivity index (χ1v) is 7.09. The topological polar surface area (TPSA) is 46.5 Å². The second-order valence-corrected chi connectivity index (χ2v) is 5.16. The lowest BCUT2D eigenvalue weighted by molar-refractivity contribution is 0.100. The van der Waals surface area contributed by atoms with Crippen molar-refractivity contribution < 1.29 is 14.6 Å². The van der Waals surface area contributed by atoms with E-state index in [9.17, 15) is 9.90 Å². The van der Waals surface area contributed by atoms with Gasteiger partial charge >= 0.3 is 0 Å². The number of allylic oxidation sites excluding steroid dienone is 1. The fourth-order valence-electron chi connectivity index (χ4n) is 2.52. The molecule has 22 heavy (non-hydrogen) atoms. The Morgan fingerprint density at radius 1 is 1.23 bits per heavy atom. The number of ketones is 1. The summed E-state index contributed by atoms with van der Waals surface area (Å²) in [5.41, 5.74) is 3.21. The van der Waals surface area contributed by atoms with Gasteiger partial charge in [-0.05, 0) is 35.8 Å². The molecule has 0 bridgehead atoms. The van der Waals surface area contributed by atoms with Crippen molar-refractivity contribution in [3.63, 3.8) is 0 Å². The molecule has 0 aliphatic carbocycles. The standard InChI is InChI=1S/C19H16O3/c1-2-5-13-6-3-4-7-14(13)10-15-12-22-18-11-16(20)8-9-17(18)19(15)21/h2-4,6-11,20H,1,5,12H2/b15-10+. The Kier molecular flexibility index (Phi) is 3.79. The van der Waals surface area contributed by atoms with Crippen molar-refractivity contribution in [2.24, 2.45) is 0 Å². The maximum Gasteiger partial charge on any atom is 0.196 e. The van der Waals surface area contributed by atoms with E-state index in [-0.39, 0.29) is 18.1 Å². The van der Waals surface area contributed by atoms with Gasteiger partial charge < -0.3 is 9.84 Å². The number of carbonyl (C=O) groups excluding carboxylic acids is 1. The third kappa shape index (κ3) is 2.66. The van der Waals surface area contributed by atoms with E-state index in [0.717, 1.165) is 17.5 Å². The zero-order chi connectivity index (χ0) is 15.5. The number of benzene rings is 2. The minimum absolute atomic E-state index is 0.0605. The van der Waals surface area contributed by atoms with Gasteiger partial charge in [0.15, 0.2) is 5.78 Å². The summed E-state index contributed by atoms with van der Waals surface area (Å²) >= 11 is 0. The summed E-state index contributed by atoms with van der Waals surface area (Å²) in [6.45, 7) is 3.97. The van der Waals surface area contributed by atoms with E-state index in [4.69, 9.17) is 4.74 Å². The van der Waals surface area contributed by atoms with E-state index < -0.39 is 0 Å². The molecule has 0 atom stereocenters. The Morgan fingerprint density at radius 3 is 2.86 bits per heavy atom. The number of Topliss-reactive ketones (excluding diaryl/α,β-unsaturated/α-hetero) is 1. The number of phenolic OH excluding ortho intramolecular Hbond substituents is 1. The van der Waals surface area contributed by atoms with Crippen molar-refractivity contribution in [2.45, 2.75) is 6.42 Å². The quantitative estimate of drug-likeness (QED) is 0.691. The summed E-state index contributed by atoms with van der Waals surface area (Å²) < 4.78 is 5.59. The van der Waals surface area contributed by atoms with E-state index in [1.54, 1.807) is 6.07 Å². The van der Waals surface area contributed by atoms with Gasteiger partial charge in [0, 0.05) is 11.6 Å². The smallest absolute Gasteiger partial charge is 0.196 e. The highest BCUT2D eigenvalue weighted by molar-refractivity contribution is 6.14. The van der Waals surface area contributed by atoms with E-state index in [1.807, 2.05) is 36.4 Å². The van der Waals surface area contributed by atoms with Crippen molar-refractivity contribution in [3.8, 4) is 11.5 Å². The van der Waals surface area contributed by atoms with Crippen molar-refractivity contribution in [3.05, 3.63) is 77.4 Å². The Morgan fingerprint density at radius 2 is 2.05 bits per heavy atom. The third-order valence-corrected chi connectivity index (χ3v) is 3.63. The predicted octanol–water partition coefficient (Wildman–Crippen LogP) is 3.78. The minimum atomic E-state index is -0.0605. The van der Waals surface area contributed by atoms with Gasteiger partial charge in [-0.25, -0.2) is 0 Å². The van der Waals surface area contributed by atoms with Crippen LogP contribution >= 0.6 is 0 Å². The van der Waals surface area contributed by atoms with Crippen LogP contribution in [-0.4, -0.2) is 17.5 Å². The molecule has 3 heteroatoms. The lowest BCUT2D eigenvalue weighted by Gasteiger charge is -2.19. The van der Waals surface area contributed by atoms with Gasteiger partial charge in [-0.2, -0.15) is 0 Å². The van der Waals surface area contributed by atoms with Gasteiger partial charge in [0.1, 0.15) is 18.1 Å². The molecule has 3 nitrogen and oxygen atoms in total. The molecule has 1 heterocycles. The second-order valence-electron chi connectivity index (χ2n) is 5.16. The zero-order valence-electron chi connectivity index (χ0n) is 12.1. The molecule has 0 saturated heterocycles. The van der Waals surface area contributed by atoms with E-state index in [2.05, 4.69) is 6.58 Å². The van der Waals surface area contributed by atoms with Crippen LogP contribution in [0.4, 0.5) is 0 Å². The van der Waals surface area contributed by atoms with Crippen LogP contribution in [0.1, 0.15) is 21.5 Å². The Balaban J connectivity index is 1.98. The first-order chi connectivity index (χ1) is 10.7. The Bertz CT molecular complexity index is 772. The third-order valence-electron chi connectivity index (χ3n) is 3.63. The molecule has 110 valence electrons. The highest BCUT2D eigenvalue weighted by atomic mass is 16.5. The molecule has 1 aliphatic heterocycles. The lowest BCUT2D eigenvalue weighted by atomic mass is 9.96. The van der Waals surface area contributed by atoms with Crippen molar-refractivity contribution in [1.29, 1.82) is 0 Å². The SMILES string of the molecule is C=CCc1ccccc1/C=C1\COc2cc(O)ccc2C1=O. The van der Waals surface area contributed by atoms with Gasteiger partial charge in [-0.3, -0.25) is 4.79 Å². The molecule has 0 radical (unpaired) electrons. The number of ether oxygens (including phenoxy) is 1. The van der Waals surface area contributed by atoms with E-state index >= 15 is 0 Å². The van der Waals surface area contributed by atoms with Gasteiger partial charge in [0.2, 0.25) is 0 Å². The number of fused-ring (bicyclic) bond motifs is 1. The van der Waals surface area contributed by atoms with E-state index in [0.29, 0.717) is 16.9 Å². The number of hydrogen-bond acceptors (Lipinski definition) is 3. The van der Waals surface area contributed by atoms with Crippen molar-refractivity contribution in [2.75, 3.05) is 6.61 Å². The van der Waals surface area contributed by atoms with Crippen LogP contribution in [0.15, 0.2) is 60.7 Å². The average Bonchev–Trinajstić information content (AvgIpc) is 2.52. The number of aromatic hydroxyl groups is 1. The number of carbonyl (C=O) groups is 1. The van der Waals surface area contributed by atoms with Crippen molar-refractivity contribution in [1.82, 2.24) is 0 Å². The molecule has 2 aromatic carbocycles. The Hall–Kier alpha value is -2.81. The molecule has 0 amide bonds. The maximum absolute atomic E-state index is 12.6. The highest BCUT2D eigenvalue weighted by Crippen LogP contribution is 2.31. The van der Waals surface area contributed by atoms with Crippen LogP contribution in [0.2, 0.25) is 0 Å². The van der Waals surface area contributed by atoms with Gasteiger partial charge in [0.25, 0.3) is 0 Å². The van der Waals surface area contributed by atoms with Crippen LogP contribution in [0.25, 0.3) is 6.08 Å². The normalized spacial score (nSPS) is 15.3. The molecular formula is C19H16O3. The summed E-state index contributed by atoms with van der Waals surface area (Å²) in [6, 6.07) is 12.5. The monoisotopic (exact) mass is 292 g/mol. The summed E-state index contributed by atoms with van der Waals surface area (Å²) in [5, 5.41) is 9.46. The largest absolute Gasteiger partial charge is 0.508 e. The van der Waals surface area contributed by atoms with Crippen molar-refractivity contribution >= 4 is 11.9 Å². The van der Waals surface area contributed by atoms with E-state index in [1.165, 1.54) is 12.1 Å². The minimum Gasteiger partial charge on any atom is -0.508 e. The fraction of sp³-hybridized carbons (Fsp3) is 0.105. The predicted molar refractivity (Wildman–Crippen MR) is 86.3 cm³/mol. The number of phenols is 1. The van der Waals surface area contributed by atoms with Crippen LogP contribution in [-0.2, 0) is 6.42 Å². The molecule has 0 fully saturated rings. The molecule has 0 unspecified atom stereocenters. The van der Waals surface area contributed by atoms with Crippen LogP contribution in [0, 0.1) is 0 Å². The number of rotatable bonds is 3. The molecule has 0 spiro atoms. The molecule has 1 aliphatic rings. The summed E-state index contributed by atoms with van der Waals surface area (Å²) in [7, 11) is 0. The summed E-state index contributed by atoms with van der Waals surface area (Å²) in [5.74, 6) is 0.464. The highest BCUT2D eigenvalue weighted by Gasteiger charge is 2.23. The molecule has 0 aromatic heterocycles. The fourth-order valence-corrected chi connectivity index (χ4v) is 2.52. The lowest BCUT2D eigenvalue weighted by Crippen LogP contribution is -2.19. The first-order valence-electron chi connectivity index (χ1n) is 7.09. The van der Waals surface area contributed by atoms with Gasteiger partial charge in [-0.15, -0.1) is 6.58 Å². The first kappa shape index (κ1) is 14.1. The molecular weight excluding hydrogens is 276 g/mol. The average molecular weight is 292 g/mol. The summed E-state index contributed by atoms with van der Waals surface area (Å²) in [4.78, 5) is 12.6. The molecule has 3 rings (SSSR count). The van der Waals surface area contributed by atoms with Crippen LogP contribution < -0.4 is 4.74 Å².